The molecule has 0 radical (unpaired) electrons. The lowest BCUT2D eigenvalue weighted by molar-refractivity contribution is -0.163. The van der Waals surface area contributed by atoms with Crippen LogP contribution in [0.3, 0.4) is 0 Å². The Kier molecular flexibility index (Phi) is 13.8. The molecule has 3 amide bonds. The van der Waals surface area contributed by atoms with E-state index < -0.39 is 47.7 Å². The highest BCUT2D eigenvalue weighted by atomic mass is 16.6. The topological polar surface area (TPSA) is 135 Å². The zero-order valence-corrected chi connectivity index (χ0v) is 30.2. The van der Waals surface area contributed by atoms with Gasteiger partial charge in [-0.15, -0.1) is 13.2 Å². The van der Waals surface area contributed by atoms with Crippen molar-refractivity contribution in [3.05, 3.63) is 97.1 Å². The lowest BCUT2D eigenvalue weighted by atomic mass is 9.70. The summed E-state index contributed by atoms with van der Waals surface area (Å²) in [6, 6.07) is 17.2. The third-order valence-electron chi connectivity index (χ3n) is 10.5. The molecule has 3 heterocycles. The highest BCUT2D eigenvalue weighted by molar-refractivity contribution is 5.98. The largest absolute Gasteiger partial charge is 0.455 e. The molecule has 2 aromatic rings. The molecule has 2 N–H and O–H groups in total. The molecule has 2 aromatic carbocycles. The van der Waals surface area contributed by atoms with Crippen LogP contribution in [0.2, 0.25) is 0 Å². The van der Waals surface area contributed by atoms with Crippen LogP contribution in [-0.2, 0) is 39.9 Å². The first-order chi connectivity index (χ1) is 25.3. The number of ether oxygens (including phenoxy) is 3. The number of carbonyl (C=O) groups is 4. The number of allylic oxidation sites excluding steroid dienone is 1. The molecule has 3 saturated heterocycles. The molecule has 7 atom stereocenters. The minimum absolute atomic E-state index is 0.0742. The van der Waals surface area contributed by atoms with Gasteiger partial charge in [-0.25, -0.2) is 0 Å². The van der Waals surface area contributed by atoms with Gasteiger partial charge in [0.25, 0.3) is 0 Å². The second-order valence-electron chi connectivity index (χ2n) is 13.9. The van der Waals surface area contributed by atoms with Gasteiger partial charge in [-0.3, -0.25) is 19.2 Å². The van der Waals surface area contributed by atoms with Gasteiger partial charge in [-0.2, -0.15) is 0 Å². The number of aliphatic hydroxyl groups is 1. The van der Waals surface area contributed by atoms with E-state index >= 15 is 0 Å². The number of aliphatic hydroxyl groups excluding tert-OH is 1. The fourth-order valence-corrected chi connectivity index (χ4v) is 8.18. The number of amides is 3. The number of hydrogen-bond acceptors (Lipinski definition) is 8. The second-order valence-corrected chi connectivity index (χ2v) is 13.9. The first kappa shape index (κ1) is 38.9. The van der Waals surface area contributed by atoms with Crippen LogP contribution in [0.4, 0.5) is 0 Å². The van der Waals surface area contributed by atoms with E-state index in [-0.39, 0.29) is 43.9 Å². The van der Waals surface area contributed by atoms with E-state index in [0.717, 1.165) is 18.4 Å². The van der Waals surface area contributed by atoms with Crippen molar-refractivity contribution in [3.8, 4) is 0 Å². The van der Waals surface area contributed by atoms with E-state index in [0.29, 0.717) is 50.8 Å². The molecule has 0 unspecified atom stereocenters. The molecule has 0 aliphatic carbocycles. The van der Waals surface area contributed by atoms with Crippen LogP contribution >= 0.6 is 0 Å². The number of rotatable bonds is 21. The number of fused-ring (bicyclic) bond motifs is 1. The van der Waals surface area contributed by atoms with Crippen LogP contribution in [0, 0.1) is 11.8 Å². The molecule has 11 heteroatoms. The van der Waals surface area contributed by atoms with Crippen molar-refractivity contribution in [1.29, 1.82) is 0 Å². The van der Waals surface area contributed by atoms with E-state index in [1.54, 1.807) is 22.0 Å². The molecule has 1 spiro atoms. The van der Waals surface area contributed by atoms with E-state index in [9.17, 15) is 24.3 Å². The molecular weight excluding hydrogens is 662 g/mol. The highest BCUT2D eigenvalue weighted by Gasteiger charge is 2.75. The van der Waals surface area contributed by atoms with Gasteiger partial charge in [0.05, 0.1) is 30.6 Å². The molecule has 11 nitrogen and oxygen atoms in total. The summed E-state index contributed by atoms with van der Waals surface area (Å²) >= 11 is 0. The molecule has 0 saturated carbocycles. The van der Waals surface area contributed by atoms with Crippen molar-refractivity contribution < 1.29 is 38.5 Å². The van der Waals surface area contributed by atoms with Crippen molar-refractivity contribution in [1.82, 2.24) is 15.1 Å². The van der Waals surface area contributed by atoms with Crippen LogP contribution in [0.1, 0.15) is 68.6 Å². The zero-order chi connectivity index (χ0) is 37.1. The Bertz CT molecular complexity index is 1540. The Morgan fingerprint density at radius 3 is 2.44 bits per heavy atom. The molecule has 3 aliphatic heterocycles. The number of nitrogens with one attached hydrogen (secondary N) is 1. The number of nitrogens with zero attached hydrogens (tertiary/aromatic N) is 2. The minimum Gasteiger partial charge on any atom is -0.455 e. The van der Waals surface area contributed by atoms with Gasteiger partial charge in [0.15, 0.2) is 0 Å². The summed E-state index contributed by atoms with van der Waals surface area (Å²) in [5.41, 5.74) is 0.410. The van der Waals surface area contributed by atoms with E-state index in [1.807, 2.05) is 60.7 Å². The van der Waals surface area contributed by atoms with Gasteiger partial charge >= 0.3 is 5.97 Å². The minimum atomic E-state index is -1.20. The summed E-state index contributed by atoms with van der Waals surface area (Å²) < 4.78 is 18.5. The SMILES string of the molecule is C=CCCC(=O)N[C@@H](COC)[C@@H](OC(=O)[C@@H]1[C@@H]2CC[C@]3(O2)[C@H](C(=O)N(CC=C)Cc2ccccc2)N(CCCCCCO)C(=O)[C@@H]13)c1ccccc1. The third kappa shape index (κ3) is 8.48. The fraction of sp³-hybridized carbons (Fsp3) is 0.512. The molecular formula is C41H53N3O8. The van der Waals surface area contributed by atoms with E-state index in [1.165, 1.54) is 7.11 Å². The summed E-state index contributed by atoms with van der Waals surface area (Å²) in [5.74, 6) is -3.22. The first-order valence-corrected chi connectivity index (χ1v) is 18.5. The monoisotopic (exact) mass is 715 g/mol. The van der Waals surface area contributed by atoms with Gasteiger partial charge in [-0.1, -0.05) is 85.7 Å². The van der Waals surface area contributed by atoms with Crippen molar-refractivity contribution in [2.75, 3.05) is 33.4 Å². The normalized spacial score (nSPS) is 24.2. The summed E-state index contributed by atoms with van der Waals surface area (Å²) in [6.45, 7) is 8.69. The van der Waals surface area contributed by atoms with Crippen molar-refractivity contribution in [3.63, 3.8) is 0 Å². The van der Waals surface area contributed by atoms with E-state index in [4.69, 9.17) is 14.2 Å². The summed E-state index contributed by atoms with van der Waals surface area (Å²) in [6.07, 6.45) is 6.34. The number of benzene rings is 2. The fourth-order valence-electron chi connectivity index (χ4n) is 8.18. The zero-order valence-electron chi connectivity index (χ0n) is 30.2. The summed E-state index contributed by atoms with van der Waals surface area (Å²) in [5, 5.41) is 12.3. The average molecular weight is 716 g/mol. The lowest BCUT2D eigenvalue weighted by Gasteiger charge is -2.37. The van der Waals surface area contributed by atoms with Crippen LogP contribution in [0.15, 0.2) is 86.0 Å². The molecule has 52 heavy (non-hydrogen) atoms. The standard InChI is InChI=1S/C41H53N3O8/c1-4-6-21-33(46)42-31(28-50-3)36(30-19-13-10-14-20-30)51-40(49)34-32-22-23-41(52-32)35(34)38(47)44(25-15-7-8-16-26-45)37(41)39(48)43(24-5-2)27-29-17-11-9-12-18-29/h4-5,9-14,17-20,31-32,34-37,45H,1-2,6-8,15-16,21-28H2,3H3,(H,42,46)/t31-,32-,34+,35+,36-,37-,41+/m0/s1. The molecule has 0 aromatic heterocycles. The Hall–Kier alpha value is -4.32. The Morgan fingerprint density at radius 2 is 1.77 bits per heavy atom. The van der Waals surface area contributed by atoms with Gasteiger partial charge in [0, 0.05) is 39.8 Å². The maximum Gasteiger partial charge on any atom is 0.313 e. The van der Waals surface area contributed by atoms with E-state index in [2.05, 4.69) is 18.5 Å². The Morgan fingerprint density at radius 1 is 1.06 bits per heavy atom. The number of carbonyl (C=O) groups excluding carboxylic acids is 4. The summed E-state index contributed by atoms with van der Waals surface area (Å²) in [4.78, 5) is 60.1. The molecule has 2 bridgehead atoms. The average Bonchev–Trinajstić information content (AvgIpc) is 3.80. The maximum atomic E-state index is 14.7. The van der Waals surface area contributed by atoms with Gasteiger partial charge in [0.1, 0.15) is 17.7 Å². The smallest absolute Gasteiger partial charge is 0.313 e. The van der Waals surface area contributed by atoms with Crippen LogP contribution < -0.4 is 5.32 Å². The van der Waals surface area contributed by atoms with Gasteiger partial charge in [-0.05, 0) is 43.2 Å². The Balaban J connectivity index is 1.46. The molecule has 3 fully saturated rings. The van der Waals surface area contributed by atoms with Crippen molar-refractivity contribution >= 4 is 23.7 Å². The number of esters is 1. The van der Waals surface area contributed by atoms with Crippen molar-refractivity contribution in [2.24, 2.45) is 11.8 Å². The molecule has 3 aliphatic rings. The highest BCUT2D eigenvalue weighted by Crippen LogP contribution is 2.59. The molecule has 5 rings (SSSR count). The lowest BCUT2D eigenvalue weighted by Crippen LogP contribution is -2.56. The van der Waals surface area contributed by atoms with Gasteiger partial charge in [0.2, 0.25) is 17.7 Å². The molecule has 280 valence electrons. The predicted molar refractivity (Wildman–Crippen MR) is 195 cm³/mol. The van der Waals surface area contributed by atoms with Crippen molar-refractivity contribution in [2.45, 2.75) is 87.8 Å². The van der Waals surface area contributed by atoms with Crippen LogP contribution in [0.5, 0.6) is 0 Å². The third-order valence-corrected chi connectivity index (χ3v) is 10.5. The number of hydrogen-bond donors (Lipinski definition) is 2. The maximum absolute atomic E-state index is 14.7. The Labute approximate surface area is 307 Å². The number of likely N-dealkylation sites (tertiary alicyclic amines) is 1. The van der Waals surface area contributed by atoms with Gasteiger partial charge < -0.3 is 34.4 Å². The quantitative estimate of drug-likeness (QED) is 0.110. The second kappa shape index (κ2) is 18.4. The summed E-state index contributed by atoms with van der Waals surface area (Å²) in [7, 11) is 1.51. The van der Waals surface area contributed by atoms with Crippen LogP contribution in [-0.4, -0.2) is 95.8 Å². The number of unbranched alkanes of at least 4 members (excludes halogenated alkanes) is 3. The number of methoxy groups -OCH3 is 1. The van der Waals surface area contributed by atoms with Crippen LogP contribution in [0.25, 0.3) is 0 Å². The first-order valence-electron chi connectivity index (χ1n) is 18.5. The predicted octanol–water partition coefficient (Wildman–Crippen LogP) is 4.51.